The largest absolute Gasteiger partial charge is 0.493 e. The average Bonchev–Trinajstić information content (AvgIpc) is 3.50. The van der Waals surface area contributed by atoms with Crippen LogP contribution in [0.25, 0.3) is 0 Å². The lowest BCUT2D eigenvalue weighted by Gasteiger charge is -2.34. The minimum absolute atomic E-state index is 0.00555. The third-order valence-corrected chi connectivity index (χ3v) is 6.94. The summed E-state index contributed by atoms with van der Waals surface area (Å²) < 4.78 is 11.5. The SMILES string of the molecule is CCCCC(N)C(=O)N1CC(c2ccc(OC)c(OCC3CC3)c2)C(C)(C(C)O)C1. The highest BCUT2D eigenvalue weighted by Crippen LogP contribution is 2.47. The normalized spacial score (nSPS) is 25.8. The number of aliphatic hydroxyl groups excluding tert-OH is 1. The Morgan fingerprint density at radius 2 is 2.10 bits per heavy atom. The third-order valence-electron chi connectivity index (χ3n) is 6.94. The molecule has 1 heterocycles. The molecule has 1 saturated carbocycles. The monoisotopic (exact) mass is 418 g/mol. The number of aliphatic hydroxyl groups is 1. The lowest BCUT2D eigenvalue weighted by Crippen LogP contribution is -2.44. The second-order valence-electron chi connectivity index (χ2n) is 9.37. The molecule has 1 aromatic carbocycles. The van der Waals surface area contributed by atoms with Crippen LogP contribution in [0.2, 0.25) is 0 Å². The maximum atomic E-state index is 13.0. The molecule has 6 heteroatoms. The van der Waals surface area contributed by atoms with Crippen molar-refractivity contribution in [3.8, 4) is 11.5 Å². The van der Waals surface area contributed by atoms with Gasteiger partial charge in [-0.25, -0.2) is 0 Å². The van der Waals surface area contributed by atoms with Crippen LogP contribution in [-0.4, -0.2) is 54.9 Å². The summed E-state index contributed by atoms with van der Waals surface area (Å²) >= 11 is 0. The number of carbonyl (C=O) groups is 1. The number of hydrogen-bond acceptors (Lipinski definition) is 5. The number of benzene rings is 1. The zero-order valence-electron chi connectivity index (χ0n) is 18.9. The van der Waals surface area contributed by atoms with Gasteiger partial charge in [0.05, 0.1) is 25.9 Å². The second-order valence-corrected chi connectivity index (χ2v) is 9.37. The molecule has 2 fully saturated rings. The van der Waals surface area contributed by atoms with Crippen LogP contribution in [-0.2, 0) is 4.79 Å². The van der Waals surface area contributed by atoms with Gasteiger partial charge in [-0.05, 0) is 49.8 Å². The number of hydrogen-bond donors (Lipinski definition) is 2. The van der Waals surface area contributed by atoms with Gasteiger partial charge in [0.1, 0.15) is 0 Å². The summed E-state index contributed by atoms with van der Waals surface area (Å²) in [5.41, 5.74) is 6.78. The van der Waals surface area contributed by atoms with Gasteiger partial charge in [0.25, 0.3) is 0 Å². The molecule has 3 N–H and O–H groups in total. The van der Waals surface area contributed by atoms with E-state index in [1.54, 1.807) is 7.11 Å². The summed E-state index contributed by atoms with van der Waals surface area (Å²) in [6, 6.07) is 5.50. The van der Waals surface area contributed by atoms with E-state index in [0.29, 0.717) is 37.8 Å². The van der Waals surface area contributed by atoms with E-state index in [2.05, 4.69) is 13.8 Å². The van der Waals surface area contributed by atoms with Crippen LogP contribution >= 0.6 is 0 Å². The van der Waals surface area contributed by atoms with E-state index in [0.717, 1.165) is 24.2 Å². The van der Waals surface area contributed by atoms with Gasteiger partial charge in [0.2, 0.25) is 5.91 Å². The van der Waals surface area contributed by atoms with E-state index in [9.17, 15) is 9.90 Å². The Morgan fingerprint density at radius 3 is 2.70 bits per heavy atom. The fourth-order valence-electron chi connectivity index (χ4n) is 4.39. The molecule has 0 bridgehead atoms. The number of methoxy groups -OCH3 is 1. The molecule has 168 valence electrons. The van der Waals surface area contributed by atoms with Gasteiger partial charge in [0.15, 0.2) is 11.5 Å². The summed E-state index contributed by atoms with van der Waals surface area (Å²) in [6.45, 7) is 7.72. The summed E-state index contributed by atoms with van der Waals surface area (Å²) in [7, 11) is 1.65. The Morgan fingerprint density at radius 1 is 1.37 bits per heavy atom. The van der Waals surface area contributed by atoms with Gasteiger partial charge in [-0.1, -0.05) is 32.8 Å². The first-order valence-electron chi connectivity index (χ1n) is 11.3. The molecule has 1 amide bonds. The number of nitrogens with two attached hydrogens (primary N) is 1. The molecule has 4 unspecified atom stereocenters. The topological polar surface area (TPSA) is 85.0 Å². The first kappa shape index (κ1) is 22.9. The smallest absolute Gasteiger partial charge is 0.239 e. The fourth-order valence-corrected chi connectivity index (χ4v) is 4.39. The molecule has 3 rings (SSSR count). The van der Waals surface area contributed by atoms with E-state index in [1.807, 2.05) is 30.0 Å². The van der Waals surface area contributed by atoms with Crippen LogP contribution in [0, 0.1) is 11.3 Å². The Balaban J connectivity index is 1.83. The lowest BCUT2D eigenvalue weighted by molar-refractivity contribution is -0.132. The standard InChI is InChI=1S/C24H38N2O4/c1-5-6-7-20(25)23(28)26-13-19(24(3,15-26)16(2)27)18-10-11-21(29-4)22(12-18)30-14-17-8-9-17/h10-12,16-17,19-20,27H,5-9,13-15,25H2,1-4H3. The van der Waals surface area contributed by atoms with Crippen LogP contribution < -0.4 is 15.2 Å². The van der Waals surface area contributed by atoms with Gasteiger partial charge >= 0.3 is 0 Å². The molecule has 2 aliphatic rings. The second kappa shape index (κ2) is 9.56. The number of carbonyl (C=O) groups excluding carboxylic acids is 1. The van der Waals surface area contributed by atoms with Crippen LogP contribution in [0.3, 0.4) is 0 Å². The van der Waals surface area contributed by atoms with Crippen molar-refractivity contribution in [3.63, 3.8) is 0 Å². The molecule has 0 radical (unpaired) electrons. The van der Waals surface area contributed by atoms with E-state index in [1.165, 1.54) is 12.8 Å². The van der Waals surface area contributed by atoms with Crippen molar-refractivity contribution in [2.45, 2.75) is 70.9 Å². The summed E-state index contributed by atoms with van der Waals surface area (Å²) in [5, 5.41) is 10.7. The van der Waals surface area contributed by atoms with Gasteiger partial charge in [0, 0.05) is 24.4 Å². The van der Waals surface area contributed by atoms with E-state index < -0.39 is 17.6 Å². The number of ether oxygens (including phenoxy) is 2. The van der Waals surface area contributed by atoms with E-state index in [4.69, 9.17) is 15.2 Å². The molecule has 6 nitrogen and oxygen atoms in total. The van der Waals surface area contributed by atoms with Crippen LogP contribution in [0.15, 0.2) is 18.2 Å². The highest BCUT2D eigenvalue weighted by atomic mass is 16.5. The van der Waals surface area contributed by atoms with Crippen LogP contribution in [0.4, 0.5) is 0 Å². The first-order chi connectivity index (χ1) is 14.3. The molecular formula is C24H38N2O4. The number of nitrogens with zero attached hydrogens (tertiary/aromatic N) is 1. The summed E-state index contributed by atoms with van der Waals surface area (Å²) in [5.74, 6) is 2.07. The number of likely N-dealkylation sites (tertiary alicyclic amines) is 1. The van der Waals surface area contributed by atoms with Gasteiger partial charge in [-0.2, -0.15) is 0 Å². The molecule has 1 aliphatic carbocycles. The molecule has 1 aliphatic heterocycles. The molecule has 30 heavy (non-hydrogen) atoms. The number of amides is 1. The lowest BCUT2D eigenvalue weighted by atomic mass is 9.72. The third kappa shape index (κ3) is 4.92. The van der Waals surface area contributed by atoms with Crippen molar-refractivity contribution in [1.29, 1.82) is 0 Å². The maximum Gasteiger partial charge on any atom is 0.239 e. The van der Waals surface area contributed by atoms with Crippen LogP contribution in [0.1, 0.15) is 64.4 Å². The molecule has 1 aromatic rings. The predicted molar refractivity (Wildman–Crippen MR) is 118 cm³/mol. The zero-order valence-corrected chi connectivity index (χ0v) is 18.9. The molecule has 1 saturated heterocycles. The molecule has 0 aromatic heterocycles. The van der Waals surface area contributed by atoms with E-state index in [-0.39, 0.29) is 11.8 Å². The van der Waals surface area contributed by atoms with Crippen molar-refractivity contribution in [2.75, 3.05) is 26.8 Å². The highest BCUT2D eigenvalue weighted by Gasteiger charge is 2.49. The number of unbranched alkanes of at least 4 members (excludes halogenated alkanes) is 1. The highest BCUT2D eigenvalue weighted by molar-refractivity contribution is 5.82. The van der Waals surface area contributed by atoms with Crippen molar-refractivity contribution < 1.29 is 19.4 Å². The zero-order chi connectivity index (χ0) is 21.9. The fraction of sp³-hybridized carbons (Fsp3) is 0.708. The molecule has 4 atom stereocenters. The molecular weight excluding hydrogens is 380 g/mol. The van der Waals surface area contributed by atoms with Crippen molar-refractivity contribution >= 4 is 5.91 Å². The number of rotatable bonds is 10. The summed E-state index contributed by atoms with van der Waals surface area (Å²) in [4.78, 5) is 14.8. The van der Waals surface area contributed by atoms with Crippen molar-refractivity contribution in [3.05, 3.63) is 23.8 Å². The Kier molecular flexibility index (Phi) is 7.30. The Hall–Kier alpha value is -1.79. The Labute approximate surface area is 180 Å². The first-order valence-corrected chi connectivity index (χ1v) is 11.3. The van der Waals surface area contributed by atoms with Gasteiger partial charge in [-0.15, -0.1) is 0 Å². The minimum atomic E-state index is -0.565. The van der Waals surface area contributed by atoms with Gasteiger partial charge in [-0.3, -0.25) is 4.79 Å². The Bertz CT molecular complexity index is 734. The van der Waals surface area contributed by atoms with Gasteiger partial charge < -0.3 is 25.2 Å². The van der Waals surface area contributed by atoms with Crippen molar-refractivity contribution in [1.82, 2.24) is 4.90 Å². The minimum Gasteiger partial charge on any atom is -0.493 e. The average molecular weight is 419 g/mol. The molecule has 0 spiro atoms. The summed E-state index contributed by atoms with van der Waals surface area (Å²) in [6.07, 6.45) is 4.54. The van der Waals surface area contributed by atoms with E-state index >= 15 is 0 Å². The predicted octanol–water partition coefficient (Wildman–Crippen LogP) is 3.31. The van der Waals surface area contributed by atoms with Crippen molar-refractivity contribution in [2.24, 2.45) is 17.1 Å². The quantitative estimate of drug-likeness (QED) is 0.609. The maximum absolute atomic E-state index is 13.0. The van der Waals surface area contributed by atoms with Crippen LogP contribution in [0.5, 0.6) is 11.5 Å².